The Morgan fingerprint density at radius 3 is 2.67 bits per heavy atom. The lowest BCUT2D eigenvalue weighted by atomic mass is 10.3. The van der Waals surface area contributed by atoms with Gasteiger partial charge in [0.1, 0.15) is 0 Å². The molecule has 0 aromatic carbocycles. The SMILES string of the molecule is CCNC(=NCc1cccc(OC)n1)NCCc1nc(C(F)(F)F)cs1.I. The zero-order chi connectivity index (χ0) is 19.0. The molecular formula is C16H21F3IN5OS. The first-order chi connectivity index (χ1) is 12.4. The van der Waals surface area contributed by atoms with E-state index >= 15 is 0 Å². The van der Waals surface area contributed by atoms with Crippen LogP contribution < -0.4 is 15.4 Å². The second-order valence-corrected chi connectivity index (χ2v) is 6.11. The number of aromatic nitrogens is 2. The van der Waals surface area contributed by atoms with E-state index in [1.165, 1.54) is 0 Å². The molecule has 0 amide bonds. The van der Waals surface area contributed by atoms with Gasteiger partial charge in [-0.2, -0.15) is 13.2 Å². The lowest BCUT2D eigenvalue weighted by molar-refractivity contribution is -0.140. The number of nitrogens with zero attached hydrogens (tertiary/aromatic N) is 3. The molecule has 2 aromatic rings. The average molecular weight is 515 g/mol. The molecule has 0 atom stereocenters. The van der Waals surface area contributed by atoms with Gasteiger partial charge in [-0.1, -0.05) is 6.07 Å². The fourth-order valence-electron chi connectivity index (χ4n) is 2.00. The molecule has 0 saturated carbocycles. The Hall–Kier alpha value is -1.63. The number of methoxy groups -OCH3 is 1. The van der Waals surface area contributed by atoms with E-state index in [-0.39, 0.29) is 24.0 Å². The number of nitrogens with one attached hydrogen (secondary N) is 2. The number of hydrogen-bond donors (Lipinski definition) is 2. The summed E-state index contributed by atoms with van der Waals surface area (Å²) in [6.07, 6.45) is -4.02. The fraction of sp³-hybridized carbons (Fsp3) is 0.438. The predicted octanol–water partition coefficient (Wildman–Crippen LogP) is 3.48. The van der Waals surface area contributed by atoms with Gasteiger partial charge in [-0.3, -0.25) is 0 Å². The van der Waals surface area contributed by atoms with Gasteiger partial charge < -0.3 is 15.4 Å². The Balaban J connectivity index is 0.00000364. The Morgan fingerprint density at radius 1 is 1.26 bits per heavy atom. The van der Waals surface area contributed by atoms with Crippen molar-refractivity contribution in [1.82, 2.24) is 20.6 Å². The highest BCUT2D eigenvalue weighted by Crippen LogP contribution is 2.29. The summed E-state index contributed by atoms with van der Waals surface area (Å²) >= 11 is 1.00. The predicted molar refractivity (Wildman–Crippen MR) is 110 cm³/mol. The van der Waals surface area contributed by atoms with Gasteiger partial charge in [0.25, 0.3) is 0 Å². The molecule has 0 aliphatic rings. The smallest absolute Gasteiger partial charge is 0.434 e. The first kappa shape index (κ1) is 23.4. The standard InChI is InChI=1S/C16H20F3N5OS.HI/c1-3-20-15(22-9-11-5-4-6-13(23-11)25-2)21-8-7-14-24-12(10-26-14)16(17,18)19;/h4-6,10H,3,7-9H2,1-2H3,(H2,20,21,22);1H. The lowest BCUT2D eigenvalue weighted by Crippen LogP contribution is -2.38. The number of guanidine groups is 1. The van der Waals surface area contributed by atoms with Gasteiger partial charge in [0.05, 0.1) is 24.4 Å². The van der Waals surface area contributed by atoms with Crippen molar-refractivity contribution in [3.05, 3.63) is 40.0 Å². The van der Waals surface area contributed by atoms with Crippen molar-refractivity contribution in [2.45, 2.75) is 26.1 Å². The summed E-state index contributed by atoms with van der Waals surface area (Å²) in [4.78, 5) is 12.3. The maximum atomic E-state index is 12.6. The quantitative estimate of drug-likeness (QED) is 0.336. The number of hydrogen-bond acceptors (Lipinski definition) is 5. The summed E-state index contributed by atoms with van der Waals surface area (Å²) in [5, 5.41) is 7.62. The van der Waals surface area contributed by atoms with Gasteiger partial charge in [-0.25, -0.2) is 15.0 Å². The molecule has 6 nitrogen and oxygen atoms in total. The van der Waals surface area contributed by atoms with E-state index in [1.807, 2.05) is 19.1 Å². The number of thiazole rings is 1. The number of halogens is 4. The van der Waals surface area contributed by atoms with Crippen LogP contribution in [0.2, 0.25) is 0 Å². The molecule has 0 unspecified atom stereocenters. The number of aliphatic imine (C=N–C) groups is 1. The summed E-state index contributed by atoms with van der Waals surface area (Å²) in [5.41, 5.74) is -0.0986. The molecule has 27 heavy (non-hydrogen) atoms. The molecule has 11 heteroatoms. The first-order valence-electron chi connectivity index (χ1n) is 7.96. The molecule has 2 N–H and O–H groups in total. The van der Waals surface area contributed by atoms with Crippen LogP contribution in [0.3, 0.4) is 0 Å². The number of ether oxygens (including phenoxy) is 1. The van der Waals surface area contributed by atoms with Crippen LogP contribution in [0.25, 0.3) is 0 Å². The van der Waals surface area contributed by atoms with E-state index in [1.54, 1.807) is 13.2 Å². The van der Waals surface area contributed by atoms with Gasteiger partial charge >= 0.3 is 6.18 Å². The van der Waals surface area contributed by atoms with Crippen molar-refractivity contribution >= 4 is 41.3 Å². The summed E-state index contributed by atoms with van der Waals surface area (Å²) in [6, 6.07) is 5.42. The van der Waals surface area contributed by atoms with Crippen molar-refractivity contribution in [2.75, 3.05) is 20.2 Å². The Labute approximate surface area is 176 Å². The largest absolute Gasteiger partial charge is 0.481 e. The highest BCUT2D eigenvalue weighted by atomic mass is 127. The summed E-state index contributed by atoms with van der Waals surface area (Å²) in [5.74, 6) is 1.07. The molecule has 2 aromatic heterocycles. The fourth-order valence-corrected chi connectivity index (χ4v) is 2.81. The third-order valence-electron chi connectivity index (χ3n) is 3.21. The normalized spacial score (nSPS) is 11.7. The highest BCUT2D eigenvalue weighted by molar-refractivity contribution is 14.0. The summed E-state index contributed by atoms with van der Waals surface area (Å²) in [7, 11) is 1.55. The Kier molecular flexibility index (Phi) is 9.77. The molecule has 2 rings (SSSR count). The van der Waals surface area contributed by atoms with Gasteiger partial charge in [-0.05, 0) is 13.0 Å². The maximum Gasteiger partial charge on any atom is 0.434 e. The third kappa shape index (κ3) is 7.87. The minimum absolute atomic E-state index is 0. The lowest BCUT2D eigenvalue weighted by Gasteiger charge is -2.10. The molecule has 0 aliphatic carbocycles. The molecule has 0 radical (unpaired) electrons. The van der Waals surface area contributed by atoms with Gasteiger partial charge in [-0.15, -0.1) is 35.3 Å². The van der Waals surface area contributed by atoms with Crippen LogP contribution in [0.15, 0.2) is 28.6 Å². The van der Waals surface area contributed by atoms with Gasteiger partial charge in [0.15, 0.2) is 11.7 Å². The molecule has 2 heterocycles. The highest BCUT2D eigenvalue weighted by Gasteiger charge is 2.33. The van der Waals surface area contributed by atoms with Crippen LogP contribution in [0.5, 0.6) is 5.88 Å². The number of rotatable bonds is 7. The van der Waals surface area contributed by atoms with Crippen molar-refractivity contribution in [3.63, 3.8) is 0 Å². The van der Waals surface area contributed by atoms with E-state index in [0.717, 1.165) is 22.4 Å². The van der Waals surface area contributed by atoms with Crippen molar-refractivity contribution in [3.8, 4) is 5.88 Å². The van der Waals surface area contributed by atoms with E-state index < -0.39 is 11.9 Å². The van der Waals surface area contributed by atoms with Crippen LogP contribution in [-0.4, -0.2) is 36.1 Å². The molecular weight excluding hydrogens is 494 g/mol. The second kappa shape index (κ2) is 11.3. The molecule has 0 bridgehead atoms. The molecule has 0 aliphatic heterocycles. The minimum atomic E-state index is -4.40. The van der Waals surface area contributed by atoms with E-state index in [0.29, 0.717) is 42.9 Å². The van der Waals surface area contributed by atoms with Crippen LogP contribution in [0, 0.1) is 0 Å². The summed E-state index contributed by atoms with van der Waals surface area (Å²) in [6.45, 7) is 3.36. The maximum absolute atomic E-state index is 12.6. The minimum Gasteiger partial charge on any atom is -0.481 e. The summed E-state index contributed by atoms with van der Waals surface area (Å²) < 4.78 is 42.7. The number of alkyl halides is 3. The molecule has 0 spiro atoms. The molecule has 0 saturated heterocycles. The van der Waals surface area contributed by atoms with Crippen LogP contribution in [0.4, 0.5) is 13.2 Å². The van der Waals surface area contributed by atoms with Crippen LogP contribution in [0.1, 0.15) is 23.3 Å². The van der Waals surface area contributed by atoms with Crippen LogP contribution in [-0.2, 0) is 19.1 Å². The van der Waals surface area contributed by atoms with Crippen molar-refractivity contribution < 1.29 is 17.9 Å². The molecule has 150 valence electrons. The second-order valence-electron chi connectivity index (χ2n) is 5.17. The number of pyridine rings is 1. The van der Waals surface area contributed by atoms with E-state index in [2.05, 4.69) is 25.6 Å². The zero-order valence-electron chi connectivity index (χ0n) is 14.8. The topological polar surface area (TPSA) is 71.4 Å². The monoisotopic (exact) mass is 515 g/mol. The van der Waals surface area contributed by atoms with E-state index in [4.69, 9.17) is 4.74 Å². The zero-order valence-corrected chi connectivity index (χ0v) is 18.0. The van der Waals surface area contributed by atoms with Crippen LogP contribution >= 0.6 is 35.3 Å². The average Bonchev–Trinajstić information content (AvgIpc) is 3.09. The van der Waals surface area contributed by atoms with Crippen molar-refractivity contribution in [2.24, 2.45) is 4.99 Å². The van der Waals surface area contributed by atoms with Crippen molar-refractivity contribution in [1.29, 1.82) is 0 Å². The van der Waals surface area contributed by atoms with Gasteiger partial charge in [0.2, 0.25) is 5.88 Å². The van der Waals surface area contributed by atoms with E-state index in [9.17, 15) is 13.2 Å². The molecule has 0 fully saturated rings. The third-order valence-corrected chi connectivity index (χ3v) is 4.12. The van der Waals surface area contributed by atoms with Gasteiger partial charge in [0, 0.05) is 31.0 Å². The Morgan fingerprint density at radius 2 is 2.04 bits per heavy atom. The Bertz CT molecular complexity index is 739. The first-order valence-corrected chi connectivity index (χ1v) is 8.84.